The van der Waals surface area contributed by atoms with Gasteiger partial charge in [-0.15, -0.1) is 0 Å². The first-order chi connectivity index (χ1) is 23.4. The third-order valence-corrected chi connectivity index (χ3v) is 8.85. The Morgan fingerprint density at radius 2 is 1.54 bits per heavy atom. The number of carbonyl (C=O) groups is 3. The Kier molecular flexibility index (Phi) is 19.7. The standard InChI is InChI=1S/C30H53N3O6.C8H8O3/c1-19(2)22(14-21-10-11-26(38-8)27(15-21)39-13-9-12-37-7)16-24(31)25(34)17-23(20(3)4)28(35)33-18-30(5,6)29(32)36;9-7(8(10)11)6-4-2-1-3-5-6/h10-11,15,19-20,22-25,34H,9,12-14,16-18,31H2,1-8H3,(H2,32,36)(H,33,35);1-5,7,9H,(H,10,11)/t22-,23-,24-,25-;7-/m00/s1. The SMILES string of the molecule is COCCCOc1cc(C[C@@H](C[C@H](N)[C@@H](O)C[C@H](C(=O)NCC(C)(C)C(N)=O)C(C)C)C(C)C)ccc1OC.O=C(O)[C@@H](O)c1ccccc1. The summed E-state index contributed by atoms with van der Waals surface area (Å²) in [7, 11) is 3.29. The molecule has 2 aromatic rings. The van der Waals surface area contributed by atoms with Gasteiger partial charge < -0.3 is 46.3 Å². The van der Waals surface area contributed by atoms with Crippen LogP contribution in [0.15, 0.2) is 48.5 Å². The molecule has 0 radical (unpaired) electrons. The zero-order valence-electron chi connectivity index (χ0n) is 31.1. The van der Waals surface area contributed by atoms with Crippen LogP contribution in [0.4, 0.5) is 0 Å². The van der Waals surface area contributed by atoms with Crippen molar-refractivity contribution in [3.63, 3.8) is 0 Å². The van der Waals surface area contributed by atoms with Crippen LogP contribution in [0.2, 0.25) is 0 Å². The summed E-state index contributed by atoms with van der Waals surface area (Å²) in [5.74, 6) is -0.433. The third-order valence-electron chi connectivity index (χ3n) is 8.85. The second kappa shape index (κ2) is 22.2. The van der Waals surface area contributed by atoms with E-state index < -0.39 is 41.5 Å². The molecule has 0 spiro atoms. The van der Waals surface area contributed by atoms with Gasteiger partial charge >= 0.3 is 5.97 Å². The molecule has 0 saturated carbocycles. The quantitative estimate of drug-likeness (QED) is 0.103. The van der Waals surface area contributed by atoms with Gasteiger partial charge in [-0.25, -0.2) is 4.79 Å². The van der Waals surface area contributed by atoms with Crippen molar-refractivity contribution >= 4 is 17.8 Å². The fraction of sp³-hybridized carbons (Fsp3) is 0.605. The van der Waals surface area contributed by atoms with Gasteiger partial charge in [0.25, 0.3) is 0 Å². The molecule has 0 aliphatic rings. The van der Waals surface area contributed by atoms with Crippen LogP contribution in [0.5, 0.6) is 11.5 Å². The smallest absolute Gasteiger partial charge is 0.337 e. The predicted octanol–water partition coefficient (Wildman–Crippen LogP) is 4.10. The van der Waals surface area contributed by atoms with Crippen LogP contribution in [-0.4, -0.2) is 79.2 Å². The number of aliphatic carboxylic acids is 1. The molecule has 0 saturated heterocycles. The largest absolute Gasteiger partial charge is 0.493 e. The maximum absolute atomic E-state index is 12.9. The van der Waals surface area contributed by atoms with Gasteiger partial charge in [-0.05, 0) is 74.1 Å². The Balaban J connectivity index is 0.000000957. The highest BCUT2D eigenvalue weighted by atomic mass is 16.5. The number of methoxy groups -OCH3 is 2. The number of primary amides is 1. The second-order valence-electron chi connectivity index (χ2n) is 14.1. The van der Waals surface area contributed by atoms with Crippen LogP contribution in [0.3, 0.4) is 0 Å². The number of hydrogen-bond donors (Lipinski definition) is 6. The molecule has 50 heavy (non-hydrogen) atoms. The number of hydrogen-bond acceptors (Lipinski definition) is 9. The Labute approximate surface area is 297 Å². The number of rotatable bonds is 21. The fourth-order valence-corrected chi connectivity index (χ4v) is 5.17. The van der Waals surface area contributed by atoms with Crippen LogP contribution >= 0.6 is 0 Å². The highest BCUT2D eigenvalue weighted by Gasteiger charge is 2.32. The van der Waals surface area contributed by atoms with E-state index in [2.05, 4.69) is 19.2 Å². The molecule has 0 fully saturated rings. The van der Waals surface area contributed by atoms with Crippen LogP contribution in [0, 0.1) is 29.1 Å². The average Bonchev–Trinajstić information content (AvgIpc) is 3.07. The number of ether oxygens (including phenoxy) is 3. The summed E-state index contributed by atoms with van der Waals surface area (Å²) in [5, 5.41) is 31.2. The molecule has 8 N–H and O–H groups in total. The van der Waals surface area contributed by atoms with E-state index in [0.717, 1.165) is 18.4 Å². The molecule has 0 bridgehead atoms. The first-order valence-corrected chi connectivity index (χ1v) is 17.2. The minimum absolute atomic E-state index is 0.00829. The number of carboxylic acids is 1. The van der Waals surface area contributed by atoms with Crippen molar-refractivity contribution in [1.82, 2.24) is 5.32 Å². The van der Waals surface area contributed by atoms with Crippen molar-refractivity contribution in [2.45, 2.75) is 85.5 Å². The molecule has 2 aromatic carbocycles. The maximum Gasteiger partial charge on any atom is 0.337 e. The molecule has 0 aliphatic carbocycles. The minimum atomic E-state index is -1.41. The van der Waals surface area contributed by atoms with Gasteiger partial charge in [-0.3, -0.25) is 9.59 Å². The van der Waals surface area contributed by atoms with Crippen LogP contribution in [0.1, 0.15) is 78.0 Å². The van der Waals surface area contributed by atoms with Gasteiger partial charge in [0.15, 0.2) is 17.6 Å². The molecule has 282 valence electrons. The van der Waals surface area contributed by atoms with Crippen molar-refractivity contribution in [3.8, 4) is 11.5 Å². The molecular weight excluding hydrogens is 642 g/mol. The summed E-state index contributed by atoms with van der Waals surface area (Å²) in [6.45, 7) is 12.9. The highest BCUT2D eigenvalue weighted by Crippen LogP contribution is 2.32. The normalized spacial score (nSPS) is 14.5. The van der Waals surface area contributed by atoms with Crippen molar-refractivity contribution in [3.05, 3.63) is 59.7 Å². The van der Waals surface area contributed by atoms with Crippen molar-refractivity contribution in [1.29, 1.82) is 0 Å². The zero-order chi connectivity index (χ0) is 38.0. The zero-order valence-corrected chi connectivity index (χ0v) is 31.1. The average molecular weight is 704 g/mol. The van der Waals surface area contributed by atoms with Crippen LogP contribution < -0.4 is 26.3 Å². The number of nitrogens with one attached hydrogen (secondary N) is 1. The van der Waals surface area contributed by atoms with Crippen LogP contribution in [-0.2, 0) is 25.5 Å². The molecule has 0 heterocycles. The van der Waals surface area contributed by atoms with Crippen molar-refractivity contribution < 1.29 is 43.9 Å². The maximum atomic E-state index is 12.9. The molecule has 0 unspecified atom stereocenters. The van der Waals surface area contributed by atoms with Crippen molar-refractivity contribution in [2.24, 2.45) is 40.6 Å². The van der Waals surface area contributed by atoms with Gasteiger partial charge in [-0.2, -0.15) is 0 Å². The van der Waals surface area contributed by atoms with E-state index in [1.807, 2.05) is 32.0 Å². The first-order valence-electron chi connectivity index (χ1n) is 17.2. The molecule has 0 aromatic heterocycles. The summed E-state index contributed by atoms with van der Waals surface area (Å²) in [6, 6.07) is 13.7. The number of carbonyl (C=O) groups excluding carboxylic acids is 2. The topological polar surface area (TPSA) is 204 Å². The monoisotopic (exact) mass is 703 g/mol. The lowest BCUT2D eigenvalue weighted by Gasteiger charge is -2.30. The summed E-state index contributed by atoms with van der Waals surface area (Å²) in [6.07, 6.45) is 0.154. The van der Waals surface area contributed by atoms with Crippen molar-refractivity contribution in [2.75, 3.05) is 34.0 Å². The molecule has 12 heteroatoms. The third kappa shape index (κ3) is 15.5. The molecule has 2 rings (SSSR count). The first kappa shape index (κ1) is 44.3. The van der Waals surface area contributed by atoms with E-state index in [1.165, 1.54) is 0 Å². The molecule has 12 nitrogen and oxygen atoms in total. The summed E-state index contributed by atoms with van der Waals surface area (Å²) >= 11 is 0. The molecular formula is C38H61N3O9. The Hall–Kier alpha value is -3.71. The lowest BCUT2D eigenvalue weighted by Crippen LogP contribution is -2.46. The number of nitrogens with two attached hydrogens (primary N) is 2. The molecule has 0 aliphatic heterocycles. The Morgan fingerprint density at radius 3 is 2.06 bits per heavy atom. The van der Waals surface area contributed by atoms with E-state index in [0.29, 0.717) is 42.6 Å². The number of aliphatic hydroxyl groups excluding tert-OH is 2. The molecule has 5 atom stereocenters. The van der Waals surface area contributed by atoms with E-state index in [9.17, 15) is 19.5 Å². The second-order valence-corrected chi connectivity index (χ2v) is 14.1. The Morgan fingerprint density at radius 1 is 0.900 bits per heavy atom. The number of benzene rings is 2. The lowest BCUT2D eigenvalue weighted by atomic mass is 9.80. The number of amides is 2. The predicted molar refractivity (Wildman–Crippen MR) is 194 cm³/mol. The summed E-state index contributed by atoms with van der Waals surface area (Å²) in [4.78, 5) is 34.8. The lowest BCUT2D eigenvalue weighted by molar-refractivity contribution is -0.147. The Bertz CT molecular complexity index is 1300. The number of carboxylic acid groups (broad SMARTS) is 1. The number of aliphatic hydroxyl groups is 2. The summed E-state index contributed by atoms with van der Waals surface area (Å²) < 4.78 is 16.5. The highest BCUT2D eigenvalue weighted by molar-refractivity contribution is 5.83. The van der Waals surface area contributed by atoms with Gasteiger partial charge in [-0.1, -0.05) is 64.1 Å². The van der Waals surface area contributed by atoms with Gasteiger partial charge in [0.05, 0.1) is 25.2 Å². The van der Waals surface area contributed by atoms with E-state index in [-0.39, 0.29) is 30.7 Å². The van der Waals surface area contributed by atoms with Crippen LogP contribution in [0.25, 0.3) is 0 Å². The fourth-order valence-electron chi connectivity index (χ4n) is 5.17. The van der Waals surface area contributed by atoms with E-state index in [1.54, 1.807) is 58.4 Å². The van der Waals surface area contributed by atoms with E-state index in [4.69, 9.17) is 35.9 Å². The summed E-state index contributed by atoms with van der Waals surface area (Å²) in [5.41, 5.74) is 12.6. The van der Waals surface area contributed by atoms with Gasteiger partial charge in [0.1, 0.15) is 0 Å². The van der Waals surface area contributed by atoms with Gasteiger partial charge in [0.2, 0.25) is 11.8 Å². The van der Waals surface area contributed by atoms with Gasteiger partial charge in [0, 0.05) is 38.6 Å². The van der Waals surface area contributed by atoms with E-state index >= 15 is 0 Å². The molecule has 2 amide bonds. The minimum Gasteiger partial charge on any atom is -0.493 e.